The molecule has 1 aromatic carbocycles. The predicted octanol–water partition coefficient (Wildman–Crippen LogP) is 0.864. The Morgan fingerprint density at radius 3 is 2.53 bits per heavy atom. The molecule has 3 N–H and O–H groups in total. The largest absolute Gasteiger partial charge is 0.310 e. The minimum Gasteiger partial charge on any atom is -0.310 e. The van der Waals surface area contributed by atoms with Crippen molar-refractivity contribution in [2.24, 2.45) is 5.14 Å². The summed E-state index contributed by atoms with van der Waals surface area (Å²) >= 11 is 0. The lowest BCUT2D eigenvalue weighted by molar-refractivity contribution is 0.513. The van der Waals surface area contributed by atoms with E-state index in [0.717, 1.165) is 25.0 Å². The van der Waals surface area contributed by atoms with Gasteiger partial charge in [-0.1, -0.05) is 0 Å². The van der Waals surface area contributed by atoms with Crippen molar-refractivity contribution in [2.45, 2.75) is 30.3 Å². The summed E-state index contributed by atoms with van der Waals surface area (Å²) < 4.78 is 49.3. The molecule has 1 saturated carbocycles. The van der Waals surface area contributed by atoms with Crippen molar-refractivity contribution in [1.82, 2.24) is 5.32 Å². The second-order valence-corrected chi connectivity index (χ2v) is 5.57. The highest BCUT2D eigenvalue weighted by atomic mass is 32.2. The summed E-state index contributed by atoms with van der Waals surface area (Å²) in [4.78, 5) is -0.675. The molecule has 0 aliphatic heterocycles. The monoisotopic (exact) mass is 262 g/mol. The molecule has 0 aromatic heterocycles. The van der Waals surface area contributed by atoms with E-state index in [9.17, 15) is 17.2 Å². The molecule has 1 aromatic rings. The summed E-state index contributed by atoms with van der Waals surface area (Å²) in [5, 5.41) is 7.75. The van der Waals surface area contributed by atoms with Gasteiger partial charge < -0.3 is 5.32 Å². The molecule has 0 spiro atoms. The van der Waals surface area contributed by atoms with E-state index in [2.05, 4.69) is 5.32 Å². The van der Waals surface area contributed by atoms with Gasteiger partial charge in [0.25, 0.3) is 0 Å². The third-order valence-corrected chi connectivity index (χ3v) is 3.53. The zero-order chi connectivity index (χ0) is 12.6. The number of hydrogen-bond donors (Lipinski definition) is 2. The van der Waals surface area contributed by atoms with Crippen LogP contribution in [-0.2, 0) is 16.6 Å². The van der Waals surface area contributed by atoms with Crippen LogP contribution < -0.4 is 10.5 Å². The summed E-state index contributed by atoms with van der Waals surface area (Å²) in [6.45, 7) is -0.0360. The molecular formula is C10H12F2N2O2S. The van der Waals surface area contributed by atoms with Crippen LogP contribution >= 0.6 is 0 Å². The van der Waals surface area contributed by atoms with Crippen molar-refractivity contribution < 1.29 is 17.2 Å². The maximum Gasteiger partial charge on any atom is 0.240 e. The van der Waals surface area contributed by atoms with E-state index in [-0.39, 0.29) is 18.2 Å². The number of primary sulfonamides is 1. The lowest BCUT2D eigenvalue weighted by Crippen LogP contribution is -2.20. The molecule has 17 heavy (non-hydrogen) atoms. The van der Waals surface area contributed by atoms with E-state index in [1.165, 1.54) is 0 Å². The van der Waals surface area contributed by atoms with Crippen LogP contribution in [0.2, 0.25) is 0 Å². The lowest BCUT2D eigenvalue weighted by atomic mass is 10.2. The number of hydrogen-bond acceptors (Lipinski definition) is 3. The highest BCUT2D eigenvalue weighted by Gasteiger charge is 2.24. The summed E-state index contributed by atoms with van der Waals surface area (Å²) in [5.74, 6) is -1.89. The second kappa shape index (κ2) is 4.32. The normalized spacial score (nSPS) is 16.2. The summed E-state index contributed by atoms with van der Waals surface area (Å²) in [6, 6.07) is 2.01. The Kier molecular flexibility index (Phi) is 3.15. The van der Waals surface area contributed by atoms with Crippen molar-refractivity contribution in [2.75, 3.05) is 0 Å². The average molecular weight is 262 g/mol. The number of sulfonamides is 1. The third kappa shape index (κ3) is 2.80. The van der Waals surface area contributed by atoms with Crippen LogP contribution in [0.3, 0.4) is 0 Å². The Balaban J connectivity index is 2.35. The highest BCUT2D eigenvalue weighted by Crippen LogP contribution is 2.23. The van der Waals surface area contributed by atoms with Gasteiger partial charge in [0.1, 0.15) is 10.7 Å². The zero-order valence-electron chi connectivity index (χ0n) is 8.91. The summed E-state index contributed by atoms with van der Waals surface area (Å²) in [7, 11) is -4.17. The molecule has 94 valence electrons. The van der Waals surface area contributed by atoms with Crippen LogP contribution in [0.4, 0.5) is 8.78 Å². The maximum atomic E-state index is 13.8. The van der Waals surface area contributed by atoms with Crippen LogP contribution in [-0.4, -0.2) is 14.5 Å². The van der Waals surface area contributed by atoms with E-state index in [1.807, 2.05) is 0 Å². The number of nitrogens with one attached hydrogen (secondary N) is 1. The fourth-order valence-electron chi connectivity index (χ4n) is 1.49. The molecule has 0 heterocycles. The Morgan fingerprint density at radius 1 is 1.35 bits per heavy atom. The number of halogens is 2. The summed E-state index contributed by atoms with van der Waals surface area (Å²) in [6.07, 6.45) is 1.94. The van der Waals surface area contributed by atoms with Crippen molar-refractivity contribution in [3.05, 3.63) is 29.3 Å². The van der Waals surface area contributed by atoms with E-state index in [1.54, 1.807) is 0 Å². The van der Waals surface area contributed by atoms with Gasteiger partial charge in [0.2, 0.25) is 10.0 Å². The molecular weight excluding hydrogens is 250 g/mol. The SMILES string of the molecule is NS(=O)(=O)c1ccc(F)c(CNC2CC2)c1F. The fraction of sp³-hybridized carbons (Fsp3) is 0.400. The van der Waals surface area contributed by atoms with E-state index >= 15 is 0 Å². The van der Waals surface area contributed by atoms with E-state index in [4.69, 9.17) is 5.14 Å². The van der Waals surface area contributed by atoms with Gasteiger partial charge in [-0.15, -0.1) is 0 Å². The molecule has 0 radical (unpaired) electrons. The topological polar surface area (TPSA) is 72.2 Å². The molecule has 1 fully saturated rings. The fourth-order valence-corrected chi connectivity index (χ4v) is 2.12. The molecule has 0 atom stereocenters. The van der Waals surface area contributed by atoms with Gasteiger partial charge >= 0.3 is 0 Å². The lowest BCUT2D eigenvalue weighted by Gasteiger charge is -2.09. The highest BCUT2D eigenvalue weighted by molar-refractivity contribution is 7.89. The maximum absolute atomic E-state index is 13.8. The molecule has 0 bridgehead atoms. The van der Waals surface area contributed by atoms with Crippen molar-refractivity contribution in [3.8, 4) is 0 Å². The standard InChI is InChI=1S/C10H12F2N2O2S/c11-8-3-4-9(17(13,15)16)10(12)7(8)5-14-6-1-2-6/h3-4,6,14H,1-2,5H2,(H2,13,15,16). The van der Waals surface area contributed by atoms with Crippen LogP contribution in [0.25, 0.3) is 0 Å². The van der Waals surface area contributed by atoms with Crippen LogP contribution in [0.15, 0.2) is 17.0 Å². The van der Waals surface area contributed by atoms with E-state index in [0.29, 0.717) is 0 Å². The van der Waals surface area contributed by atoms with Gasteiger partial charge in [0.05, 0.1) is 0 Å². The molecule has 0 saturated heterocycles. The van der Waals surface area contributed by atoms with Gasteiger partial charge in [0.15, 0.2) is 5.82 Å². The first-order chi connectivity index (χ1) is 7.89. The van der Waals surface area contributed by atoms with Crippen LogP contribution in [0.5, 0.6) is 0 Å². The Hall–Kier alpha value is -1.05. The smallest absolute Gasteiger partial charge is 0.240 e. The van der Waals surface area contributed by atoms with Gasteiger partial charge in [-0.2, -0.15) is 0 Å². The first-order valence-electron chi connectivity index (χ1n) is 5.12. The Bertz CT molecular complexity index is 541. The molecule has 7 heteroatoms. The molecule has 4 nitrogen and oxygen atoms in total. The number of nitrogens with two attached hydrogens (primary N) is 1. The first kappa shape index (κ1) is 12.4. The van der Waals surface area contributed by atoms with Crippen LogP contribution in [0, 0.1) is 11.6 Å². The van der Waals surface area contributed by atoms with Gasteiger partial charge in [0, 0.05) is 18.2 Å². The average Bonchev–Trinajstić information content (AvgIpc) is 2.99. The summed E-state index contributed by atoms with van der Waals surface area (Å²) in [5.41, 5.74) is -0.288. The number of rotatable bonds is 4. The molecule has 1 aliphatic rings. The molecule has 2 rings (SSSR count). The minimum atomic E-state index is -4.17. The van der Waals surface area contributed by atoms with Crippen molar-refractivity contribution >= 4 is 10.0 Å². The van der Waals surface area contributed by atoms with Crippen LogP contribution in [0.1, 0.15) is 18.4 Å². The zero-order valence-corrected chi connectivity index (χ0v) is 9.73. The number of benzene rings is 1. The van der Waals surface area contributed by atoms with Crippen molar-refractivity contribution in [1.29, 1.82) is 0 Å². The second-order valence-electron chi connectivity index (χ2n) is 4.04. The Morgan fingerprint density at radius 2 is 2.00 bits per heavy atom. The quantitative estimate of drug-likeness (QED) is 0.845. The van der Waals surface area contributed by atoms with E-state index < -0.39 is 26.6 Å². The molecule has 0 amide bonds. The molecule has 1 aliphatic carbocycles. The Labute approximate surface area is 97.9 Å². The third-order valence-electron chi connectivity index (χ3n) is 2.60. The first-order valence-corrected chi connectivity index (χ1v) is 6.67. The molecule has 0 unspecified atom stereocenters. The van der Waals surface area contributed by atoms with Gasteiger partial charge in [-0.3, -0.25) is 0 Å². The predicted molar refractivity (Wildman–Crippen MR) is 57.6 cm³/mol. The minimum absolute atomic E-state index is 0.0360. The van der Waals surface area contributed by atoms with Gasteiger partial charge in [-0.05, 0) is 25.0 Å². The van der Waals surface area contributed by atoms with Crippen molar-refractivity contribution in [3.63, 3.8) is 0 Å². The van der Waals surface area contributed by atoms with Gasteiger partial charge in [-0.25, -0.2) is 22.3 Å².